The van der Waals surface area contributed by atoms with Crippen molar-refractivity contribution in [1.82, 2.24) is 5.32 Å². The predicted octanol–water partition coefficient (Wildman–Crippen LogP) is 2.96. The Labute approximate surface area is 191 Å². The van der Waals surface area contributed by atoms with E-state index in [0.717, 1.165) is 22.7 Å². The quantitative estimate of drug-likeness (QED) is 0.556. The third-order valence-corrected chi connectivity index (χ3v) is 5.70. The van der Waals surface area contributed by atoms with Gasteiger partial charge in [0.05, 0.1) is 23.9 Å². The molecule has 2 aromatic carbocycles. The molecule has 4 rings (SSSR count). The number of anilines is 3. The van der Waals surface area contributed by atoms with Crippen molar-refractivity contribution >= 4 is 46.4 Å². The van der Waals surface area contributed by atoms with Crippen LogP contribution in [-0.4, -0.2) is 44.0 Å². The highest BCUT2D eigenvalue weighted by Crippen LogP contribution is 2.29. The number of ether oxygens (including phenoxy) is 1. The monoisotopic (exact) mass is 456 g/mol. The molecule has 0 aliphatic carbocycles. The predicted molar refractivity (Wildman–Crippen MR) is 123 cm³/mol. The largest absolute Gasteiger partial charge is 0.494 e. The van der Waals surface area contributed by atoms with Gasteiger partial charge < -0.3 is 25.6 Å². The first-order chi connectivity index (χ1) is 15.5. The molecule has 2 aromatic rings. The molecular weight excluding hydrogens is 432 g/mol. The summed E-state index contributed by atoms with van der Waals surface area (Å²) in [5, 5.41) is 8.96. The van der Waals surface area contributed by atoms with Gasteiger partial charge in [0.15, 0.2) is 0 Å². The van der Waals surface area contributed by atoms with E-state index in [2.05, 4.69) is 16.0 Å². The Morgan fingerprint density at radius 3 is 2.81 bits per heavy atom. The second kappa shape index (κ2) is 9.91. The summed E-state index contributed by atoms with van der Waals surface area (Å²) in [6.45, 7) is 1.95. The molecule has 0 spiro atoms. The molecule has 2 aliphatic heterocycles. The molecule has 9 heteroatoms. The maximum absolute atomic E-state index is 12.3. The van der Waals surface area contributed by atoms with E-state index < -0.39 is 0 Å². The van der Waals surface area contributed by atoms with Crippen LogP contribution in [0.15, 0.2) is 36.4 Å². The summed E-state index contributed by atoms with van der Waals surface area (Å²) in [5.41, 5.74) is 3.28. The molecule has 3 N–H and O–H groups in total. The van der Waals surface area contributed by atoms with Gasteiger partial charge in [-0.1, -0.05) is 11.6 Å². The maximum Gasteiger partial charge on any atom is 0.239 e. The second-order valence-corrected chi connectivity index (χ2v) is 8.21. The minimum absolute atomic E-state index is 0.0333. The molecule has 32 heavy (non-hydrogen) atoms. The third-order valence-electron chi connectivity index (χ3n) is 5.40. The molecule has 2 aliphatic rings. The number of carbonyl (C=O) groups is 3. The molecule has 0 radical (unpaired) electrons. The summed E-state index contributed by atoms with van der Waals surface area (Å²) in [5.74, 6) is 0.609. The van der Waals surface area contributed by atoms with Crippen LogP contribution in [0.3, 0.4) is 0 Å². The minimum atomic E-state index is -0.122. The molecule has 0 saturated carbocycles. The standard InChI is InChI=1S/C23H25ClN4O4/c24-18-13-16(4-7-20(18)28-10-9-25-23(31)14-28)26-21(29)2-1-11-32-17-5-6-19-15(12-17)3-8-22(30)27-19/h4-7,12-13H,1-3,8-11,14H2,(H,25,31)(H,26,29)(H,27,30). The van der Waals surface area contributed by atoms with Crippen LogP contribution in [0.5, 0.6) is 5.75 Å². The maximum atomic E-state index is 12.3. The van der Waals surface area contributed by atoms with Crippen molar-refractivity contribution in [3.8, 4) is 5.75 Å². The zero-order valence-corrected chi connectivity index (χ0v) is 18.3. The van der Waals surface area contributed by atoms with E-state index in [1.54, 1.807) is 12.1 Å². The summed E-state index contributed by atoms with van der Waals surface area (Å²) in [6, 6.07) is 10.9. The number of piperazine rings is 1. The number of rotatable bonds is 7. The van der Waals surface area contributed by atoms with Gasteiger partial charge in [-0.25, -0.2) is 0 Å². The van der Waals surface area contributed by atoms with Crippen LogP contribution in [0.2, 0.25) is 5.02 Å². The highest BCUT2D eigenvalue weighted by Gasteiger charge is 2.19. The van der Waals surface area contributed by atoms with Crippen LogP contribution >= 0.6 is 11.6 Å². The molecule has 168 valence electrons. The normalized spacial score (nSPS) is 15.5. The van der Waals surface area contributed by atoms with Gasteiger partial charge in [0.2, 0.25) is 17.7 Å². The molecule has 0 bridgehead atoms. The van der Waals surface area contributed by atoms with Crippen LogP contribution in [0, 0.1) is 0 Å². The lowest BCUT2D eigenvalue weighted by Crippen LogP contribution is -2.47. The molecule has 0 aromatic heterocycles. The Balaban J connectivity index is 1.22. The molecule has 0 unspecified atom stereocenters. The average Bonchev–Trinajstić information content (AvgIpc) is 2.77. The highest BCUT2D eigenvalue weighted by molar-refractivity contribution is 6.33. The van der Waals surface area contributed by atoms with Crippen molar-refractivity contribution in [3.05, 3.63) is 47.0 Å². The lowest BCUT2D eigenvalue weighted by atomic mass is 10.0. The first kappa shape index (κ1) is 22.0. The summed E-state index contributed by atoms with van der Waals surface area (Å²) in [6.07, 6.45) is 2.06. The van der Waals surface area contributed by atoms with Gasteiger partial charge in [-0.05, 0) is 54.8 Å². The van der Waals surface area contributed by atoms with Crippen LogP contribution in [0.25, 0.3) is 0 Å². The van der Waals surface area contributed by atoms with Crippen molar-refractivity contribution in [2.45, 2.75) is 25.7 Å². The van der Waals surface area contributed by atoms with Crippen molar-refractivity contribution in [3.63, 3.8) is 0 Å². The van der Waals surface area contributed by atoms with Gasteiger partial charge in [0.1, 0.15) is 5.75 Å². The third kappa shape index (κ3) is 5.50. The van der Waals surface area contributed by atoms with E-state index in [1.165, 1.54) is 0 Å². The molecule has 3 amide bonds. The average molecular weight is 457 g/mol. The number of carbonyl (C=O) groups excluding carboxylic acids is 3. The number of hydrogen-bond acceptors (Lipinski definition) is 5. The highest BCUT2D eigenvalue weighted by atomic mass is 35.5. The number of fused-ring (bicyclic) bond motifs is 1. The van der Waals surface area contributed by atoms with Gasteiger partial charge in [-0.15, -0.1) is 0 Å². The van der Waals surface area contributed by atoms with E-state index >= 15 is 0 Å². The van der Waals surface area contributed by atoms with Crippen LogP contribution in [-0.2, 0) is 20.8 Å². The van der Waals surface area contributed by atoms with Gasteiger partial charge in [-0.3, -0.25) is 14.4 Å². The van der Waals surface area contributed by atoms with E-state index in [9.17, 15) is 14.4 Å². The Morgan fingerprint density at radius 1 is 1.12 bits per heavy atom. The topological polar surface area (TPSA) is 99.8 Å². The minimum Gasteiger partial charge on any atom is -0.494 e. The summed E-state index contributed by atoms with van der Waals surface area (Å²) in [4.78, 5) is 37.2. The number of nitrogens with zero attached hydrogens (tertiary/aromatic N) is 1. The van der Waals surface area contributed by atoms with Gasteiger partial charge >= 0.3 is 0 Å². The fourth-order valence-corrected chi connectivity index (χ4v) is 4.08. The van der Waals surface area contributed by atoms with Gasteiger partial charge in [0, 0.05) is 37.3 Å². The number of nitrogens with one attached hydrogen (secondary N) is 3. The first-order valence-corrected chi connectivity index (χ1v) is 11.0. The smallest absolute Gasteiger partial charge is 0.239 e. The molecule has 8 nitrogen and oxygen atoms in total. The lowest BCUT2D eigenvalue weighted by molar-refractivity contribution is -0.120. The summed E-state index contributed by atoms with van der Waals surface area (Å²) in [7, 11) is 0. The van der Waals surface area contributed by atoms with E-state index in [0.29, 0.717) is 56.1 Å². The van der Waals surface area contributed by atoms with Crippen molar-refractivity contribution < 1.29 is 19.1 Å². The lowest BCUT2D eigenvalue weighted by Gasteiger charge is -2.29. The molecule has 0 atom stereocenters. The summed E-state index contributed by atoms with van der Waals surface area (Å²) >= 11 is 6.38. The fourth-order valence-electron chi connectivity index (χ4n) is 3.78. The number of amides is 3. The van der Waals surface area contributed by atoms with Crippen molar-refractivity contribution in [1.29, 1.82) is 0 Å². The Hall–Kier alpha value is -3.26. The molecule has 1 saturated heterocycles. The van der Waals surface area contributed by atoms with Crippen molar-refractivity contribution in [2.24, 2.45) is 0 Å². The number of hydrogen-bond donors (Lipinski definition) is 3. The zero-order valence-electron chi connectivity index (χ0n) is 17.6. The Bertz CT molecular complexity index is 1040. The molecular formula is C23H25ClN4O4. The molecule has 1 fully saturated rings. The fraction of sp³-hybridized carbons (Fsp3) is 0.348. The number of aryl methyl sites for hydroxylation is 1. The second-order valence-electron chi connectivity index (χ2n) is 7.81. The SMILES string of the molecule is O=C1CN(c2ccc(NC(=O)CCCOc3ccc4c(c3)CCC(=O)N4)cc2Cl)CCN1. The van der Waals surface area contributed by atoms with Crippen LogP contribution in [0.4, 0.5) is 17.1 Å². The van der Waals surface area contributed by atoms with E-state index in [-0.39, 0.29) is 24.3 Å². The van der Waals surface area contributed by atoms with Gasteiger partial charge in [-0.2, -0.15) is 0 Å². The van der Waals surface area contributed by atoms with Crippen LogP contribution < -0.4 is 25.6 Å². The Kier molecular flexibility index (Phi) is 6.80. The summed E-state index contributed by atoms with van der Waals surface area (Å²) < 4.78 is 5.76. The van der Waals surface area contributed by atoms with Gasteiger partial charge in [0.25, 0.3) is 0 Å². The van der Waals surface area contributed by atoms with E-state index in [4.69, 9.17) is 16.3 Å². The Morgan fingerprint density at radius 2 is 2.00 bits per heavy atom. The number of benzene rings is 2. The van der Waals surface area contributed by atoms with E-state index in [1.807, 2.05) is 29.2 Å². The van der Waals surface area contributed by atoms with Crippen LogP contribution in [0.1, 0.15) is 24.8 Å². The zero-order chi connectivity index (χ0) is 22.5. The van der Waals surface area contributed by atoms with Crippen molar-refractivity contribution in [2.75, 3.05) is 41.8 Å². The molecule has 2 heterocycles. The number of halogens is 1. The first-order valence-electron chi connectivity index (χ1n) is 10.6.